The van der Waals surface area contributed by atoms with Crippen LogP contribution in [-0.4, -0.2) is 100 Å². The summed E-state index contributed by atoms with van der Waals surface area (Å²) in [4.78, 5) is 29.0. The van der Waals surface area contributed by atoms with Crippen LogP contribution >= 0.6 is 0 Å². The molecule has 3 N–H and O–H groups in total. The van der Waals surface area contributed by atoms with Crippen molar-refractivity contribution >= 4 is 28.3 Å². The van der Waals surface area contributed by atoms with E-state index in [9.17, 15) is 31.5 Å². The smallest absolute Gasteiger partial charge is 0.379 e. The number of aliphatic carboxylic acids is 1. The van der Waals surface area contributed by atoms with Crippen LogP contribution in [-0.2, 0) is 17.8 Å². The van der Waals surface area contributed by atoms with Gasteiger partial charge in [0.2, 0.25) is 0 Å². The second kappa shape index (κ2) is 18.3. The largest absolute Gasteiger partial charge is 0.496 e. The molecule has 3 aliphatic rings. The van der Waals surface area contributed by atoms with Gasteiger partial charge in [0.05, 0.1) is 25.3 Å². The molecule has 1 spiro atoms. The number of likely N-dealkylation sites (N-methyl/N-ethyl adjacent to an activating group) is 1. The summed E-state index contributed by atoms with van der Waals surface area (Å²) in [6.07, 6.45) is 1.35. The summed E-state index contributed by atoms with van der Waals surface area (Å²) in [5.74, 6) is -0.575. The lowest BCUT2D eigenvalue weighted by Gasteiger charge is -2.57. The number of benzene rings is 4. The van der Waals surface area contributed by atoms with E-state index in [2.05, 4.69) is 39.9 Å². The van der Waals surface area contributed by atoms with E-state index in [4.69, 9.17) is 20.3 Å². The van der Waals surface area contributed by atoms with E-state index in [1.54, 1.807) is 21.1 Å². The number of carbonyl (C=O) groups is 2. The number of rotatable bonds is 10. The van der Waals surface area contributed by atoms with E-state index in [-0.39, 0.29) is 17.4 Å². The summed E-state index contributed by atoms with van der Waals surface area (Å²) < 4.78 is 67.9. The number of nitrogens with two attached hydrogens (primary N) is 1. The Morgan fingerprint density at radius 1 is 0.929 bits per heavy atom. The lowest BCUT2D eigenvalue weighted by molar-refractivity contribution is -0.136. The molecule has 302 valence electrons. The minimum absolute atomic E-state index is 0.00659. The third kappa shape index (κ3) is 10.1. The zero-order chi connectivity index (χ0) is 40.7. The first-order chi connectivity index (χ1) is 26.6. The maximum Gasteiger partial charge on any atom is 0.379 e. The lowest BCUT2D eigenvalue weighted by atomic mass is 9.62. The van der Waals surface area contributed by atoms with E-state index < -0.39 is 30.5 Å². The molecule has 4 aromatic rings. The van der Waals surface area contributed by atoms with Crippen molar-refractivity contribution in [3.8, 4) is 22.6 Å². The van der Waals surface area contributed by atoms with Gasteiger partial charge in [0, 0.05) is 63.3 Å². The first-order valence-corrected chi connectivity index (χ1v) is 18.4. The number of nitrogens with zero attached hydrogens (tertiary/aromatic N) is 3. The number of primary amides is 1. The minimum Gasteiger partial charge on any atom is -0.496 e. The highest BCUT2D eigenvalue weighted by atomic mass is 19.4. The fourth-order valence-corrected chi connectivity index (χ4v) is 8.07. The molecule has 1 saturated carbocycles. The molecule has 9 nitrogen and oxygen atoms in total. The molecule has 56 heavy (non-hydrogen) atoms. The molecule has 14 heteroatoms. The predicted octanol–water partition coefficient (Wildman–Crippen LogP) is 7.64. The van der Waals surface area contributed by atoms with Gasteiger partial charge in [-0.15, -0.1) is 0 Å². The second-order valence-corrected chi connectivity index (χ2v) is 14.8. The Morgan fingerprint density at radius 3 is 2.05 bits per heavy atom. The van der Waals surface area contributed by atoms with Crippen molar-refractivity contribution in [3.05, 3.63) is 88.7 Å². The van der Waals surface area contributed by atoms with Crippen molar-refractivity contribution in [2.45, 2.75) is 52.0 Å². The molecular weight excluding hydrogens is 735 g/mol. The van der Waals surface area contributed by atoms with Gasteiger partial charge in [-0.1, -0.05) is 36.4 Å². The molecule has 0 aromatic heterocycles. The van der Waals surface area contributed by atoms with Crippen LogP contribution in [0.2, 0.25) is 0 Å². The van der Waals surface area contributed by atoms with Crippen molar-refractivity contribution in [2.24, 2.45) is 11.1 Å². The second-order valence-electron chi connectivity index (χ2n) is 14.8. The average molecular weight is 785 g/mol. The first-order valence-electron chi connectivity index (χ1n) is 18.4. The number of anilines is 1. The molecule has 1 amide bonds. The Hall–Kier alpha value is -4.95. The zero-order valence-corrected chi connectivity index (χ0v) is 32.1. The molecule has 0 unspecified atom stereocenters. The molecule has 0 radical (unpaired) electrons. The number of amides is 1. The summed E-state index contributed by atoms with van der Waals surface area (Å²) in [5, 5.41) is 11.2. The number of ether oxygens (including phenoxy) is 2. The van der Waals surface area contributed by atoms with Crippen LogP contribution in [0.1, 0.15) is 46.3 Å². The highest BCUT2D eigenvalue weighted by Crippen LogP contribution is 2.50. The van der Waals surface area contributed by atoms with Crippen LogP contribution in [0.15, 0.2) is 60.7 Å². The highest BCUT2D eigenvalue weighted by Gasteiger charge is 2.52. The van der Waals surface area contributed by atoms with Crippen molar-refractivity contribution < 1.29 is 46.1 Å². The number of aryl methyl sites for hydroxylation is 2. The molecule has 0 atom stereocenters. The van der Waals surface area contributed by atoms with E-state index in [0.717, 1.165) is 96.0 Å². The Morgan fingerprint density at radius 2 is 1.52 bits per heavy atom. The highest BCUT2D eigenvalue weighted by molar-refractivity contribution is 6.01. The van der Waals surface area contributed by atoms with Crippen molar-refractivity contribution in [1.82, 2.24) is 9.80 Å². The molecule has 2 saturated heterocycles. The van der Waals surface area contributed by atoms with Crippen LogP contribution in [0, 0.1) is 18.2 Å². The molecule has 7 rings (SSSR count). The summed E-state index contributed by atoms with van der Waals surface area (Å²) in [7, 11) is 5.40. The number of hydrogen-bond acceptors (Lipinski definition) is 7. The Labute approximate surface area is 323 Å². The van der Waals surface area contributed by atoms with E-state index in [1.165, 1.54) is 6.07 Å². The molecule has 3 fully saturated rings. The topological polar surface area (TPSA) is 109 Å². The van der Waals surface area contributed by atoms with Crippen molar-refractivity contribution in [3.63, 3.8) is 0 Å². The van der Waals surface area contributed by atoms with Gasteiger partial charge in [-0.25, -0.2) is 8.78 Å². The predicted molar refractivity (Wildman–Crippen MR) is 207 cm³/mol. The van der Waals surface area contributed by atoms with E-state index in [0.29, 0.717) is 24.8 Å². The average Bonchev–Trinajstić information content (AvgIpc) is 3.11. The summed E-state index contributed by atoms with van der Waals surface area (Å²) in [6.45, 7) is 4.36. The molecule has 0 bridgehead atoms. The number of carboxylic acid groups (broad SMARTS) is 1. The maximum absolute atomic E-state index is 13.9. The Kier molecular flexibility index (Phi) is 13.8. The number of carboxylic acids is 1. The first kappa shape index (κ1) is 42.2. The number of alkyl halides is 4. The molecule has 2 heterocycles. The van der Waals surface area contributed by atoms with E-state index in [1.807, 2.05) is 36.4 Å². The van der Waals surface area contributed by atoms with Gasteiger partial charge in [-0.05, 0) is 90.5 Å². The van der Waals surface area contributed by atoms with Gasteiger partial charge in [-0.3, -0.25) is 14.5 Å². The van der Waals surface area contributed by atoms with Gasteiger partial charge in [-0.2, -0.15) is 13.2 Å². The van der Waals surface area contributed by atoms with Gasteiger partial charge in [0.1, 0.15) is 23.5 Å². The fourth-order valence-electron chi connectivity index (χ4n) is 8.07. The lowest BCUT2D eigenvalue weighted by Crippen LogP contribution is -2.62. The van der Waals surface area contributed by atoms with Gasteiger partial charge >= 0.3 is 12.6 Å². The van der Waals surface area contributed by atoms with Crippen LogP contribution in [0.4, 0.5) is 27.6 Å². The number of halogens is 5. The molecule has 1 aliphatic carbocycles. The molecule has 4 aromatic carbocycles. The fraction of sp³-hybridized carbons (Fsp3) is 0.429. The van der Waals surface area contributed by atoms with E-state index >= 15 is 0 Å². The Balaban J connectivity index is 0.000000228. The van der Waals surface area contributed by atoms with Crippen molar-refractivity contribution in [1.29, 1.82) is 0 Å². The zero-order valence-electron chi connectivity index (χ0n) is 32.1. The van der Waals surface area contributed by atoms with Crippen molar-refractivity contribution in [2.75, 3.05) is 65.4 Å². The number of fused-ring (bicyclic) bond motifs is 1. The summed E-state index contributed by atoms with van der Waals surface area (Å²) >= 11 is 0. The normalized spacial score (nSPS) is 16.6. The SMILES string of the molecule is COc1cc(CN2CC3(CC(F)C3)C2)cc(OC)c1-c1cccc2c(CCC(=O)O)cccc12.Cc1cc(N2CCN(C)CC2)cc(F)c1C(N)=O.FC(F)F. The number of carbonyl (C=O) groups excluding carboxylic acids is 1. The third-order valence-electron chi connectivity index (χ3n) is 10.7. The number of hydrogen-bond donors (Lipinski definition) is 2. The Bertz CT molecular complexity index is 1960. The standard InChI is InChI=1S/C28H30FNO4.C13H18FN3O.CHF3/c1-33-24-11-18(15-30-16-28(17-30)13-20(29)14-28)12-25(34-2)27(24)23-8-4-6-21-19(9-10-26(31)32)5-3-7-22(21)23;1-9-7-10(8-11(14)12(9)13(15)18)17-5-3-16(2)4-6-17;2-1(3)4/h3-8,11-12,20H,9-10,13-17H2,1-2H3,(H,31,32);7-8H,3-6H2,1-2H3,(H2,15,18);1H. The van der Waals surface area contributed by atoms with Crippen LogP contribution in [0.3, 0.4) is 0 Å². The number of piperazine rings is 1. The third-order valence-corrected chi connectivity index (χ3v) is 10.7. The minimum atomic E-state index is -3.67. The molecule has 2 aliphatic heterocycles. The number of methoxy groups -OCH3 is 2. The summed E-state index contributed by atoms with van der Waals surface area (Å²) in [6, 6.07) is 19.4. The van der Waals surface area contributed by atoms with Gasteiger partial charge < -0.3 is 30.1 Å². The monoisotopic (exact) mass is 784 g/mol. The number of likely N-dealkylation sites (tertiary alicyclic amines) is 1. The summed E-state index contributed by atoms with van der Waals surface area (Å²) in [5.41, 5.74) is 10.8. The maximum atomic E-state index is 13.9. The van der Waals surface area contributed by atoms with Crippen LogP contribution < -0.4 is 20.1 Å². The van der Waals surface area contributed by atoms with Gasteiger partial charge in [0.15, 0.2) is 0 Å². The van der Waals surface area contributed by atoms with Gasteiger partial charge in [0.25, 0.3) is 5.91 Å². The quantitative estimate of drug-likeness (QED) is 0.158. The molecular formula is C42H49F5N4O5. The van der Waals surface area contributed by atoms with Crippen LogP contribution in [0.25, 0.3) is 21.9 Å². The van der Waals surface area contributed by atoms with Crippen LogP contribution in [0.5, 0.6) is 11.5 Å².